The van der Waals surface area contributed by atoms with E-state index in [1.807, 2.05) is 66.7 Å². The van der Waals surface area contributed by atoms with Gasteiger partial charge in [0.25, 0.3) is 5.91 Å². The van der Waals surface area contributed by atoms with Crippen LogP contribution in [0.4, 0.5) is 5.69 Å². The molecule has 0 bridgehead atoms. The van der Waals surface area contributed by atoms with E-state index in [1.54, 1.807) is 6.92 Å². The predicted molar refractivity (Wildman–Crippen MR) is 136 cm³/mol. The summed E-state index contributed by atoms with van der Waals surface area (Å²) >= 11 is 7.67. The Morgan fingerprint density at radius 2 is 1.94 bits per heavy atom. The highest BCUT2D eigenvalue weighted by atomic mass is 79.9. The molecule has 0 saturated heterocycles. The van der Waals surface area contributed by atoms with E-state index in [-0.39, 0.29) is 11.9 Å². The molecular formula is C24H27BrN4O2S. The van der Waals surface area contributed by atoms with Crippen molar-refractivity contribution in [1.29, 1.82) is 0 Å². The summed E-state index contributed by atoms with van der Waals surface area (Å²) in [5.74, 6) is 0.672. The van der Waals surface area contributed by atoms with Crippen molar-refractivity contribution in [2.75, 3.05) is 17.6 Å². The van der Waals surface area contributed by atoms with Crippen LogP contribution in [0.2, 0.25) is 0 Å². The quantitative estimate of drug-likeness (QED) is 0.303. The molecule has 0 radical (unpaired) electrons. The summed E-state index contributed by atoms with van der Waals surface area (Å²) in [6.45, 7) is 2.62. The molecule has 0 saturated carbocycles. The van der Waals surface area contributed by atoms with Crippen LogP contribution < -0.4 is 21.1 Å². The minimum atomic E-state index is -0.736. The van der Waals surface area contributed by atoms with E-state index in [9.17, 15) is 4.79 Å². The topological polar surface area (TPSA) is 89.3 Å². The van der Waals surface area contributed by atoms with Crippen molar-refractivity contribution in [3.63, 3.8) is 0 Å². The fourth-order valence-electron chi connectivity index (χ4n) is 2.94. The van der Waals surface area contributed by atoms with Crippen LogP contribution in [-0.2, 0) is 11.3 Å². The van der Waals surface area contributed by atoms with Gasteiger partial charge in [-0.1, -0.05) is 58.4 Å². The number of nitrogens with two attached hydrogens (primary N) is 1. The van der Waals surface area contributed by atoms with Crippen molar-refractivity contribution in [3.8, 4) is 17.1 Å². The molecule has 1 aromatic heterocycles. The molecule has 3 rings (SSSR count). The van der Waals surface area contributed by atoms with E-state index < -0.39 is 6.10 Å². The van der Waals surface area contributed by atoms with Crippen molar-refractivity contribution in [2.24, 2.45) is 5.73 Å². The maximum atomic E-state index is 12.7. The Morgan fingerprint density at radius 1 is 1.16 bits per heavy atom. The van der Waals surface area contributed by atoms with E-state index in [0.717, 1.165) is 21.3 Å². The third-order valence-electron chi connectivity index (χ3n) is 4.73. The van der Waals surface area contributed by atoms with E-state index in [2.05, 4.69) is 44.2 Å². The number of aromatic nitrogens is 1. The van der Waals surface area contributed by atoms with Gasteiger partial charge in [-0.3, -0.25) is 4.79 Å². The van der Waals surface area contributed by atoms with Gasteiger partial charge in [0, 0.05) is 34.9 Å². The summed E-state index contributed by atoms with van der Waals surface area (Å²) in [4.78, 5) is 17.3. The number of rotatable bonds is 10. The van der Waals surface area contributed by atoms with Gasteiger partial charge in [0.15, 0.2) is 6.10 Å². The molecule has 1 heterocycles. The van der Waals surface area contributed by atoms with E-state index in [4.69, 9.17) is 10.5 Å². The van der Waals surface area contributed by atoms with Crippen molar-refractivity contribution in [2.45, 2.75) is 25.6 Å². The number of halogens is 1. The lowest BCUT2D eigenvalue weighted by Gasteiger charge is -2.19. The van der Waals surface area contributed by atoms with E-state index in [0.29, 0.717) is 30.4 Å². The molecule has 0 aliphatic carbocycles. The van der Waals surface area contributed by atoms with Crippen LogP contribution in [0.1, 0.15) is 12.5 Å². The second kappa shape index (κ2) is 11.9. The lowest BCUT2D eigenvalue weighted by atomic mass is 10.1. The summed E-state index contributed by atoms with van der Waals surface area (Å²) < 4.78 is 6.96. The average molecular weight is 515 g/mol. The van der Waals surface area contributed by atoms with Crippen molar-refractivity contribution in [1.82, 2.24) is 10.3 Å². The third-order valence-corrected chi connectivity index (χ3v) is 5.69. The maximum absolute atomic E-state index is 12.7. The minimum Gasteiger partial charge on any atom is -0.463 e. The molecule has 4 N–H and O–H groups in total. The Kier molecular flexibility index (Phi) is 8.96. The number of benzene rings is 2. The van der Waals surface area contributed by atoms with Gasteiger partial charge >= 0.3 is 0 Å². The normalized spacial score (nSPS) is 12.6. The molecule has 6 nitrogen and oxygen atoms in total. The zero-order chi connectivity index (χ0) is 22.9. The fourth-order valence-corrected chi connectivity index (χ4v) is 3.52. The van der Waals surface area contributed by atoms with Crippen LogP contribution in [0.5, 0.6) is 5.88 Å². The first-order valence-corrected chi connectivity index (χ1v) is 11.7. The number of amides is 1. The van der Waals surface area contributed by atoms with Gasteiger partial charge in [-0.15, -0.1) is 0 Å². The standard InChI is InChI=1S/C24H27BrN4O2S/c1-16(23(30)28-13-17-6-5-9-19(25)12-17)31-24-22(27-14-20(26)15-32)11-10-21(29-24)18-7-3-2-4-8-18/h2-12,16,20,27,32H,13-15,26H2,1H3,(H,28,30). The van der Waals surface area contributed by atoms with Gasteiger partial charge in [0.1, 0.15) is 0 Å². The molecule has 2 unspecified atom stereocenters. The molecule has 32 heavy (non-hydrogen) atoms. The molecule has 1 amide bonds. The van der Waals surface area contributed by atoms with Crippen molar-refractivity contribution in [3.05, 3.63) is 76.8 Å². The molecule has 8 heteroatoms. The van der Waals surface area contributed by atoms with Crippen molar-refractivity contribution >= 4 is 40.2 Å². The minimum absolute atomic E-state index is 0.120. The third kappa shape index (κ3) is 6.98. The van der Waals surface area contributed by atoms with E-state index >= 15 is 0 Å². The SMILES string of the molecule is CC(Oc1nc(-c2ccccc2)ccc1NCC(N)CS)C(=O)NCc1cccc(Br)c1. The monoisotopic (exact) mass is 514 g/mol. The van der Waals surface area contributed by atoms with Crippen LogP contribution in [-0.4, -0.2) is 35.3 Å². The summed E-state index contributed by atoms with van der Waals surface area (Å²) in [6, 6.07) is 21.3. The summed E-state index contributed by atoms with van der Waals surface area (Å²) in [5, 5.41) is 6.16. The Balaban J connectivity index is 1.74. The van der Waals surface area contributed by atoms with Gasteiger partial charge in [-0.2, -0.15) is 12.6 Å². The number of hydrogen-bond donors (Lipinski definition) is 4. The van der Waals surface area contributed by atoms with Gasteiger partial charge in [-0.25, -0.2) is 4.98 Å². The highest BCUT2D eigenvalue weighted by Crippen LogP contribution is 2.28. The van der Waals surface area contributed by atoms with Crippen LogP contribution in [0.25, 0.3) is 11.3 Å². The first-order valence-electron chi connectivity index (χ1n) is 10.3. The Morgan fingerprint density at radius 3 is 2.66 bits per heavy atom. The molecule has 3 aromatic rings. The van der Waals surface area contributed by atoms with Crippen LogP contribution in [0.15, 0.2) is 71.2 Å². The number of ether oxygens (including phenoxy) is 1. The highest BCUT2D eigenvalue weighted by Gasteiger charge is 2.18. The lowest BCUT2D eigenvalue weighted by Crippen LogP contribution is -2.36. The van der Waals surface area contributed by atoms with Crippen molar-refractivity contribution < 1.29 is 9.53 Å². The Hall–Kier alpha value is -2.55. The number of nitrogens with zero attached hydrogens (tertiary/aromatic N) is 1. The summed E-state index contributed by atoms with van der Waals surface area (Å²) in [5.41, 5.74) is 9.36. The molecule has 2 aromatic carbocycles. The number of thiol groups is 1. The molecule has 2 atom stereocenters. The second-order valence-electron chi connectivity index (χ2n) is 7.35. The van der Waals surface area contributed by atoms with E-state index in [1.165, 1.54) is 0 Å². The number of nitrogens with one attached hydrogen (secondary N) is 2. The number of hydrogen-bond acceptors (Lipinski definition) is 6. The first kappa shape index (κ1) is 24.1. The van der Waals surface area contributed by atoms with Crippen LogP contribution >= 0.6 is 28.6 Å². The maximum Gasteiger partial charge on any atom is 0.261 e. The predicted octanol–water partition coefficient (Wildman–Crippen LogP) is 4.26. The zero-order valence-electron chi connectivity index (χ0n) is 17.8. The molecule has 0 aliphatic heterocycles. The Bertz CT molecular complexity index is 1040. The largest absolute Gasteiger partial charge is 0.463 e. The number of pyridine rings is 1. The second-order valence-corrected chi connectivity index (χ2v) is 8.63. The van der Waals surface area contributed by atoms with Gasteiger partial charge < -0.3 is 21.1 Å². The highest BCUT2D eigenvalue weighted by molar-refractivity contribution is 9.10. The molecular weight excluding hydrogens is 488 g/mol. The zero-order valence-corrected chi connectivity index (χ0v) is 20.3. The molecule has 0 spiro atoms. The van der Waals surface area contributed by atoms with Crippen LogP contribution in [0, 0.1) is 0 Å². The van der Waals surface area contributed by atoms with Crippen LogP contribution in [0.3, 0.4) is 0 Å². The lowest BCUT2D eigenvalue weighted by molar-refractivity contribution is -0.127. The number of carbonyl (C=O) groups is 1. The number of anilines is 1. The first-order chi connectivity index (χ1) is 15.5. The smallest absolute Gasteiger partial charge is 0.261 e. The molecule has 0 aliphatic rings. The molecule has 168 valence electrons. The van der Waals surface area contributed by atoms with Gasteiger partial charge in [0.05, 0.1) is 11.4 Å². The van der Waals surface area contributed by atoms with Gasteiger partial charge in [0.2, 0.25) is 5.88 Å². The number of carbonyl (C=O) groups excluding carboxylic acids is 1. The average Bonchev–Trinajstić information content (AvgIpc) is 2.82. The fraction of sp³-hybridized carbons (Fsp3) is 0.250. The molecule has 0 fully saturated rings. The Labute approximate surface area is 202 Å². The summed E-state index contributed by atoms with van der Waals surface area (Å²) in [7, 11) is 0. The van der Waals surface area contributed by atoms with Gasteiger partial charge in [-0.05, 0) is 36.8 Å². The summed E-state index contributed by atoms with van der Waals surface area (Å²) in [6.07, 6.45) is -0.736.